The highest BCUT2D eigenvalue weighted by Crippen LogP contribution is 2.36. The van der Waals surface area contributed by atoms with Crippen molar-refractivity contribution < 1.29 is 9.47 Å². The number of ether oxygens (including phenoxy) is 2. The van der Waals surface area contributed by atoms with Gasteiger partial charge in [-0.15, -0.1) is 0 Å². The number of hydrogen-bond donors (Lipinski definition) is 1. The van der Waals surface area contributed by atoms with Gasteiger partial charge in [-0.05, 0) is 46.1 Å². The molecule has 2 heterocycles. The summed E-state index contributed by atoms with van der Waals surface area (Å²) in [5, 5.41) is 8.36. The van der Waals surface area contributed by atoms with Gasteiger partial charge in [0.1, 0.15) is 0 Å². The van der Waals surface area contributed by atoms with Crippen LogP contribution in [0.15, 0.2) is 24.4 Å². The van der Waals surface area contributed by atoms with E-state index >= 15 is 0 Å². The molecule has 1 aromatic heterocycles. The largest absolute Gasteiger partial charge is 0.454 e. The van der Waals surface area contributed by atoms with Gasteiger partial charge in [-0.1, -0.05) is 12.1 Å². The lowest BCUT2D eigenvalue weighted by Gasteiger charge is -2.28. The maximum absolute atomic E-state index is 5.61. The second kappa shape index (κ2) is 5.81. The minimum atomic E-state index is 0.0287. The number of fused-ring (bicyclic) bond motifs is 2. The zero-order valence-electron chi connectivity index (χ0n) is 14.6. The Hall–Kier alpha value is -2.01. The van der Waals surface area contributed by atoms with Crippen LogP contribution in [0.2, 0.25) is 0 Å². The van der Waals surface area contributed by atoms with Crippen molar-refractivity contribution in [3.8, 4) is 11.5 Å². The third-order valence-electron chi connectivity index (χ3n) is 4.84. The quantitative estimate of drug-likeness (QED) is 0.937. The maximum atomic E-state index is 5.61. The lowest BCUT2D eigenvalue weighted by atomic mass is 9.92. The molecule has 24 heavy (non-hydrogen) atoms. The van der Waals surface area contributed by atoms with E-state index in [0.717, 1.165) is 36.4 Å². The number of benzene rings is 1. The zero-order valence-corrected chi connectivity index (χ0v) is 14.6. The van der Waals surface area contributed by atoms with Gasteiger partial charge < -0.3 is 14.8 Å². The monoisotopic (exact) mass is 327 g/mol. The first kappa shape index (κ1) is 15.5. The van der Waals surface area contributed by atoms with Crippen LogP contribution in [0.25, 0.3) is 0 Å². The molecule has 0 saturated carbocycles. The van der Waals surface area contributed by atoms with Crippen molar-refractivity contribution in [3.63, 3.8) is 0 Å². The Bertz CT molecular complexity index is 746. The van der Waals surface area contributed by atoms with E-state index in [2.05, 4.69) is 41.9 Å². The van der Waals surface area contributed by atoms with E-state index in [4.69, 9.17) is 9.47 Å². The highest BCUT2D eigenvalue weighted by atomic mass is 16.7. The fraction of sp³-hybridized carbons (Fsp3) is 0.526. The first-order chi connectivity index (χ1) is 11.5. The van der Waals surface area contributed by atoms with Gasteiger partial charge in [-0.25, -0.2) is 0 Å². The summed E-state index contributed by atoms with van der Waals surface area (Å²) in [4.78, 5) is 0. The molecule has 0 fully saturated rings. The Morgan fingerprint density at radius 1 is 1.29 bits per heavy atom. The van der Waals surface area contributed by atoms with E-state index in [1.807, 2.05) is 18.3 Å². The first-order valence-corrected chi connectivity index (χ1v) is 8.72. The van der Waals surface area contributed by atoms with Crippen LogP contribution in [0, 0.1) is 0 Å². The SMILES string of the molecule is CC(C)(C)n1ncc2c1CCC[C@H]2NCc1cccc2c1OCO2. The van der Waals surface area contributed by atoms with E-state index in [9.17, 15) is 0 Å². The van der Waals surface area contributed by atoms with Crippen molar-refractivity contribution in [3.05, 3.63) is 41.2 Å². The molecule has 128 valence electrons. The van der Waals surface area contributed by atoms with E-state index in [1.165, 1.54) is 17.7 Å². The molecule has 2 aliphatic rings. The van der Waals surface area contributed by atoms with Crippen LogP contribution >= 0.6 is 0 Å². The molecule has 0 saturated heterocycles. The molecule has 0 amide bonds. The Balaban J connectivity index is 1.54. The van der Waals surface area contributed by atoms with Crippen molar-refractivity contribution in [2.24, 2.45) is 0 Å². The normalized spacial score (nSPS) is 19.4. The Morgan fingerprint density at radius 3 is 3.00 bits per heavy atom. The van der Waals surface area contributed by atoms with Crippen LogP contribution in [0.5, 0.6) is 11.5 Å². The van der Waals surface area contributed by atoms with Gasteiger partial charge in [0.15, 0.2) is 11.5 Å². The van der Waals surface area contributed by atoms with Crippen molar-refractivity contribution in [1.82, 2.24) is 15.1 Å². The number of nitrogens with zero attached hydrogens (tertiary/aromatic N) is 2. The summed E-state index contributed by atoms with van der Waals surface area (Å²) < 4.78 is 13.3. The topological polar surface area (TPSA) is 48.3 Å². The predicted octanol–water partition coefficient (Wildman–Crippen LogP) is 3.53. The molecule has 4 rings (SSSR count). The Morgan fingerprint density at radius 2 is 2.17 bits per heavy atom. The third-order valence-corrected chi connectivity index (χ3v) is 4.84. The van der Waals surface area contributed by atoms with Gasteiger partial charge in [0.05, 0.1) is 11.7 Å². The first-order valence-electron chi connectivity index (χ1n) is 8.72. The molecule has 5 nitrogen and oxygen atoms in total. The molecule has 1 atom stereocenters. The number of para-hydroxylation sites is 1. The summed E-state index contributed by atoms with van der Waals surface area (Å²) in [6, 6.07) is 6.43. The molecule has 5 heteroatoms. The van der Waals surface area contributed by atoms with Gasteiger partial charge >= 0.3 is 0 Å². The number of rotatable bonds is 3. The van der Waals surface area contributed by atoms with Gasteiger partial charge in [0.25, 0.3) is 0 Å². The van der Waals surface area contributed by atoms with Crippen molar-refractivity contribution >= 4 is 0 Å². The fourth-order valence-electron chi connectivity index (χ4n) is 3.71. The summed E-state index contributed by atoms with van der Waals surface area (Å²) in [5.74, 6) is 1.73. The fourth-order valence-corrected chi connectivity index (χ4v) is 3.71. The molecular weight excluding hydrogens is 302 g/mol. The molecule has 1 aliphatic carbocycles. The maximum Gasteiger partial charge on any atom is 0.231 e. The van der Waals surface area contributed by atoms with Crippen molar-refractivity contribution in [2.45, 2.75) is 58.2 Å². The molecule has 0 radical (unpaired) electrons. The minimum Gasteiger partial charge on any atom is -0.454 e. The molecule has 0 bridgehead atoms. The lowest BCUT2D eigenvalue weighted by molar-refractivity contribution is 0.173. The van der Waals surface area contributed by atoms with Crippen LogP contribution in [0.3, 0.4) is 0 Å². The number of hydrogen-bond acceptors (Lipinski definition) is 4. The van der Waals surface area contributed by atoms with E-state index in [0.29, 0.717) is 12.8 Å². The van der Waals surface area contributed by atoms with Gasteiger partial charge in [-0.2, -0.15) is 5.10 Å². The molecule has 1 aromatic carbocycles. The molecule has 0 spiro atoms. The number of nitrogens with one attached hydrogen (secondary N) is 1. The zero-order chi connectivity index (χ0) is 16.7. The van der Waals surface area contributed by atoms with Gasteiger partial charge in [0, 0.05) is 29.4 Å². The molecule has 1 aliphatic heterocycles. The lowest BCUT2D eigenvalue weighted by Crippen LogP contribution is -2.29. The van der Waals surface area contributed by atoms with Crippen LogP contribution in [-0.4, -0.2) is 16.6 Å². The standard InChI is InChI=1S/C19H25N3O2/c1-19(2,3)22-16-8-5-7-15(14(16)11-21-22)20-10-13-6-4-9-17-18(13)24-12-23-17/h4,6,9,11,15,20H,5,7-8,10,12H2,1-3H3/t15-/m1/s1. The third kappa shape index (κ3) is 2.67. The second-order valence-electron chi connectivity index (χ2n) is 7.61. The molecular formula is C19H25N3O2. The Kier molecular flexibility index (Phi) is 3.76. The summed E-state index contributed by atoms with van der Waals surface area (Å²) in [6.45, 7) is 7.72. The van der Waals surface area contributed by atoms with Crippen molar-refractivity contribution in [2.75, 3.05) is 6.79 Å². The van der Waals surface area contributed by atoms with Gasteiger partial charge in [-0.3, -0.25) is 4.68 Å². The minimum absolute atomic E-state index is 0.0287. The van der Waals surface area contributed by atoms with Crippen LogP contribution < -0.4 is 14.8 Å². The molecule has 0 unspecified atom stereocenters. The molecule has 2 aromatic rings. The van der Waals surface area contributed by atoms with Crippen LogP contribution in [0.1, 0.15) is 56.5 Å². The summed E-state index contributed by atoms with van der Waals surface area (Å²) in [7, 11) is 0. The van der Waals surface area contributed by atoms with Gasteiger partial charge in [0.2, 0.25) is 6.79 Å². The Labute approximate surface area is 143 Å². The van der Waals surface area contributed by atoms with Crippen LogP contribution in [-0.2, 0) is 18.5 Å². The van der Waals surface area contributed by atoms with Crippen molar-refractivity contribution in [1.29, 1.82) is 0 Å². The molecule has 1 N–H and O–H groups in total. The average Bonchev–Trinajstić information content (AvgIpc) is 3.18. The summed E-state index contributed by atoms with van der Waals surface area (Å²) in [5.41, 5.74) is 3.91. The van der Waals surface area contributed by atoms with Crippen LogP contribution in [0.4, 0.5) is 0 Å². The van der Waals surface area contributed by atoms with E-state index in [1.54, 1.807) is 0 Å². The predicted molar refractivity (Wildman–Crippen MR) is 92.3 cm³/mol. The van der Waals surface area contributed by atoms with E-state index < -0.39 is 0 Å². The summed E-state index contributed by atoms with van der Waals surface area (Å²) in [6.07, 6.45) is 5.50. The highest BCUT2D eigenvalue weighted by Gasteiger charge is 2.28. The summed E-state index contributed by atoms with van der Waals surface area (Å²) >= 11 is 0. The highest BCUT2D eigenvalue weighted by molar-refractivity contribution is 5.48. The second-order valence-corrected chi connectivity index (χ2v) is 7.61. The smallest absolute Gasteiger partial charge is 0.231 e. The number of aromatic nitrogens is 2. The average molecular weight is 327 g/mol. The van der Waals surface area contributed by atoms with E-state index in [-0.39, 0.29) is 5.54 Å².